The number of likely N-dealkylation sites (tertiary alicyclic amines) is 1. The summed E-state index contributed by atoms with van der Waals surface area (Å²) in [5.41, 5.74) is -0.542. The summed E-state index contributed by atoms with van der Waals surface area (Å²) in [5, 5.41) is 12.0. The van der Waals surface area contributed by atoms with Gasteiger partial charge in [-0.3, -0.25) is 4.79 Å². The first-order valence-electron chi connectivity index (χ1n) is 7.41. The minimum absolute atomic E-state index is 0.0671. The van der Waals surface area contributed by atoms with E-state index in [1.807, 2.05) is 6.92 Å². The van der Waals surface area contributed by atoms with E-state index < -0.39 is 11.6 Å². The smallest absolute Gasteiger partial charge is 0.329 e. The Morgan fingerprint density at radius 1 is 1.43 bits per heavy atom. The Kier molecular flexibility index (Phi) is 5.18. The van der Waals surface area contributed by atoms with Crippen molar-refractivity contribution in [3.8, 4) is 0 Å². The molecular weight excluding hydrogens is 276 g/mol. The second-order valence-electron chi connectivity index (χ2n) is 6.03. The summed E-state index contributed by atoms with van der Waals surface area (Å²) in [4.78, 5) is 24.7. The van der Waals surface area contributed by atoms with Gasteiger partial charge < -0.3 is 24.8 Å². The number of nitrogens with one attached hydrogen (secondary N) is 1. The van der Waals surface area contributed by atoms with E-state index in [1.54, 1.807) is 4.90 Å². The molecule has 2 fully saturated rings. The molecule has 2 N–H and O–H groups in total. The molecule has 0 bridgehead atoms. The van der Waals surface area contributed by atoms with Gasteiger partial charge in [0, 0.05) is 6.04 Å². The van der Waals surface area contributed by atoms with E-state index in [0.717, 1.165) is 13.0 Å². The molecule has 0 spiro atoms. The third kappa shape index (κ3) is 3.93. The van der Waals surface area contributed by atoms with Crippen LogP contribution in [0.25, 0.3) is 0 Å². The standard InChI is InChI=1S/C14H24N2O5/c1-3-4-15-11-6-20-5-10(11)13(19)16-8-14(2,9-16)21-7-12(17)18/h10-11,15H,3-9H2,1-2H3,(H,17,18). The second kappa shape index (κ2) is 6.72. The predicted molar refractivity (Wildman–Crippen MR) is 75.0 cm³/mol. The SMILES string of the molecule is CCCNC1COCC1C(=O)N1CC(C)(OCC(=O)O)C1. The first kappa shape index (κ1) is 16.2. The number of carbonyl (C=O) groups is 2. The number of rotatable bonds is 7. The maximum Gasteiger partial charge on any atom is 0.329 e. The quantitative estimate of drug-likeness (QED) is 0.671. The van der Waals surface area contributed by atoms with Gasteiger partial charge in [0.1, 0.15) is 12.2 Å². The molecule has 2 aliphatic heterocycles. The van der Waals surface area contributed by atoms with Gasteiger partial charge in [0.2, 0.25) is 5.91 Å². The van der Waals surface area contributed by atoms with Crippen molar-refractivity contribution in [2.45, 2.75) is 31.9 Å². The van der Waals surface area contributed by atoms with Gasteiger partial charge in [0.05, 0.1) is 32.2 Å². The first-order chi connectivity index (χ1) is 9.95. The zero-order valence-electron chi connectivity index (χ0n) is 12.6. The van der Waals surface area contributed by atoms with Crippen molar-refractivity contribution in [3.05, 3.63) is 0 Å². The highest BCUT2D eigenvalue weighted by atomic mass is 16.5. The Labute approximate surface area is 124 Å². The number of nitrogens with zero attached hydrogens (tertiary/aromatic N) is 1. The Morgan fingerprint density at radius 3 is 2.76 bits per heavy atom. The summed E-state index contributed by atoms with van der Waals surface area (Å²) in [6.45, 7) is 6.35. The zero-order valence-corrected chi connectivity index (χ0v) is 12.6. The van der Waals surface area contributed by atoms with E-state index in [2.05, 4.69) is 12.2 Å². The summed E-state index contributed by atoms with van der Waals surface area (Å²) in [5.74, 6) is -1.08. The lowest BCUT2D eigenvalue weighted by atomic mass is 9.92. The van der Waals surface area contributed by atoms with Crippen LogP contribution in [0.2, 0.25) is 0 Å². The van der Waals surface area contributed by atoms with Crippen LogP contribution in [0.3, 0.4) is 0 Å². The zero-order chi connectivity index (χ0) is 15.5. The molecule has 2 aliphatic rings. The highest BCUT2D eigenvalue weighted by Gasteiger charge is 2.46. The van der Waals surface area contributed by atoms with Crippen molar-refractivity contribution in [2.24, 2.45) is 5.92 Å². The minimum atomic E-state index is -0.992. The molecule has 2 heterocycles. The third-order valence-electron chi connectivity index (χ3n) is 3.96. The lowest BCUT2D eigenvalue weighted by molar-refractivity contribution is -0.175. The molecular formula is C14H24N2O5. The summed E-state index contributed by atoms with van der Waals surface area (Å²) in [6.07, 6.45) is 1.02. The molecule has 2 atom stereocenters. The average molecular weight is 300 g/mol. The van der Waals surface area contributed by atoms with E-state index in [0.29, 0.717) is 26.3 Å². The normalized spacial score (nSPS) is 27.4. The Morgan fingerprint density at radius 2 is 2.14 bits per heavy atom. The Bertz CT molecular complexity index is 395. The largest absolute Gasteiger partial charge is 0.480 e. The fraction of sp³-hybridized carbons (Fsp3) is 0.857. The molecule has 0 aromatic carbocycles. The van der Waals surface area contributed by atoms with Crippen LogP contribution < -0.4 is 5.32 Å². The predicted octanol–water partition coefficient (Wildman–Crippen LogP) is -0.297. The Hall–Kier alpha value is -1.18. The van der Waals surface area contributed by atoms with Gasteiger partial charge in [-0.15, -0.1) is 0 Å². The summed E-state index contributed by atoms with van der Waals surface area (Å²) >= 11 is 0. The van der Waals surface area contributed by atoms with Gasteiger partial charge in [-0.05, 0) is 19.9 Å². The maximum absolute atomic E-state index is 12.5. The number of amides is 1. The Balaban J connectivity index is 1.81. The molecule has 2 saturated heterocycles. The number of carboxylic acids is 1. The van der Waals surface area contributed by atoms with Crippen molar-refractivity contribution in [3.63, 3.8) is 0 Å². The number of aliphatic carboxylic acids is 1. The van der Waals surface area contributed by atoms with E-state index in [1.165, 1.54) is 0 Å². The highest BCUT2D eigenvalue weighted by Crippen LogP contribution is 2.28. The van der Waals surface area contributed by atoms with Gasteiger partial charge >= 0.3 is 5.97 Å². The molecule has 0 aromatic heterocycles. The number of hydrogen-bond acceptors (Lipinski definition) is 5. The van der Waals surface area contributed by atoms with Crippen LogP contribution in [0, 0.1) is 5.92 Å². The summed E-state index contributed by atoms with van der Waals surface area (Å²) in [7, 11) is 0. The lowest BCUT2D eigenvalue weighted by Crippen LogP contribution is -2.65. The molecule has 1 amide bonds. The topological polar surface area (TPSA) is 88.1 Å². The molecule has 120 valence electrons. The molecule has 0 aromatic rings. The molecule has 0 aliphatic carbocycles. The first-order valence-corrected chi connectivity index (χ1v) is 7.41. The van der Waals surface area contributed by atoms with E-state index in [9.17, 15) is 9.59 Å². The van der Waals surface area contributed by atoms with Crippen LogP contribution in [0.1, 0.15) is 20.3 Å². The molecule has 0 saturated carbocycles. The number of carboxylic acid groups (broad SMARTS) is 1. The third-order valence-corrected chi connectivity index (χ3v) is 3.96. The van der Waals surface area contributed by atoms with Crippen molar-refractivity contribution in [1.29, 1.82) is 0 Å². The van der Waals surface area contributed by atoms with Gasteiger partial charge in [0.25, 0.3) is 0 Å². The molecule has 2 rings (SSSR count). The van der Waals surface area contributed by atoms with Crippen molar-refractivity contribution < 1.29 is 24.2 Å². The summed E-state index contributed by atoms with van der Waals surface area (Å²) < 4.78 is 10.7. The van der Waals surface area contributed by atoms with E-state index in [4.69, 9.17) is 14.6 Å². The van der Waals surface area contributed by atoms with Crippen LogP contribution in [0.5, 0.6) is 0 Å². The molecule has 21 heavy (non-hydrogen) atoms. The maximum atomic E-state index is 12.5. The minimum Gasteiger partial charge on any atom is -0.480 e. The van der Waals surface area contributed by atoms with Gasteiger partial charge in [-0.2, -0.15) is 0 Å². The second-order valence-corrected chi connectivity index (χ2v) is 6.03. The monoisotopic (exact) mass is 300 g/mol. The molecule has 7 nitrogen and oxygen atoms in total. The average Bonchev–Trinajstić information content (AvgIpc) is 2.87. The van der Waals surface area contributed by atoms with Crippen molar-refractivity contribution in [1.82, 2.24) is 10.2 Å². The van der Waals surface area contributed by atoms with Gasteiger partial charge in [-0.25, -0.2) is 4.79 Å². The van der Waals surface area contributed by atoms with Crippen LogP contribution >= 0.6 is 0 Å². The lowest BCUT2D eigenvalue weighted by Gasteiger charge is -2.48. The number of hydrogen-bond donors (Lipinski definition) is 2. The van der Waals surface area contributed by atoms with Crippen molar-refractivity contribution in [2.75, 3.05) is 39.5 Å². The number of ether oxygens (including phenoxy) is 2. The van der Waals surface area contributed by atoms with Crippen molar-refractivity contribution >= 4 is 11.9 Å². The van der Waals surface area contributed by atoms with Crippen LogP contribution in [-0.2, 0) is 19.1 Å². The molecule has 2 unspecified atom stereocenters. The fourth-order valence-corrected chi connectivity index (χ4v) is 2.81. The van der Waals surface area contributed by atoms with E-state index >= 15 is 0 Å². The van der Waals surface area contributed by atoms with Gasteiger partial charge in [0.15, 0.2) is 0 Å². The summed E-state index contributed by atoms with van der Waals surface area (Å²) in [6, 6.07) is 0.0734. The van der Waals surface area contributed by atoms with Crippen LogP contribution in [-0.4, -0.2) is 73.0 Å². The highest BCUT2D eigenvalue weighted by molar-refractivity contribution is 5.81. The van der Waals surface area contributed by atoms with Gasteiger partial charge in [-0.1, -0.05) is 6.92 Å². The van der Waals surface area contributed by atoms with E-state index in [-0.39, 0.29) is 24.5 Å². The molecule has 0 radical (unpaired) electrons. The number of carbonyl (C=O) groups excluding carboxylic acids is 1. The van der Waals surface area contributed by atoms with Crippen LogP contribution in [0.15, 0.2) is 0 Å². The fourth-order valence-electron chi connectivity index (χ4n) is 2.81. The molecule has 7 heteroatoms. The van der Waals surface area contributed by atoms with Crippen LogP contribution in [0.4, 0.5) is 0 Å².